The van der Waals surface area contributed by atoms with Crippen molar-refractivity contribution in [2.24, 2.45) is 0 Å². The predicted molar refractivity (Wildman–Crippen MR) is 137 cm³/mol. The third-order valence-corrected chi connectivity index (χ3v) is 6.59. The number of fused-ring (bicyclic) bond motifs is 1. The minimum absolute atomic E-state index is 0.129. The SMILES string of the molecule is O=C(c1cccc(Oc2ccccc2)c1)N(Cc1ccccc1)c1nc2ccc(Br)cc2s1. The summed E-state index contributed by atoms with van der Waals surface area (Å²) in [5.74, 6) is 1.20. The minimum atomic E-state index is -0.129. The molecule has 33 heavy (non-hydrogen) atoms. The van der Waals surface area contributed by atoms with E-state index in [0.29, 0.717) is 23.0 Å². The summed E-state index contributed by atoms with van der Waals surface area (Å²) in [4.78, 5) is 20.2. The number of para-hydroxylation sites is 1. The number of anilines is 1. The Kier molecular flexibility index (Phi) is 6.19. The number of halogens is 1. The van der Waals surface area contributed by atoms with E-state index < -0.39 is 0 Å². The van der Waals surface area contributed by atoms with Crippen molar-refractivity contribution in [1.29, 1.82) is 0 Å². The van der Waals surface area contributed by atoms with E-state index in [4.69, 9.17) is 9.72 Å². The van der Waals surface area contributed by atoms with Crippen molar-refractivity contribution >= 4 is 48.5 Å². The molecular weight excluding hydrogens is 496 g/mol. The van der Waals surface area contributed by atoms with Crippen LogP contribution in [-0.2, 0) is 6.54 Å². The van der Waals surface area contributed by atoms with Crippen molar-refractivity contribution in [2.45, 2.75) is 6.54 Å². The largest absolute Gasteiger partial charge is 0.457 e. The van der Waals surface area contributed by atoms with Gasteiger partial charge in [-0.25, -0.2) is 4.98 Å². The fourth-order valence-corrected chi connectivity index (χ4v) is 4.98. The normalized spacial score (nSPS) is 10.8. The average Bonchev–Trinajstić information content (AvgIpc) is 3.26. The Bertz CT molecular complexity index is 1400. The Balaban J connectivity index is 1.50. The molecule has 0 radical (unpaired) electrons. The molecule has 162 valence electrons. The highest BCUT2D eigenvalue weighted by Gasteiger charge is 2.22. The molecule has 0 atom stereocenters. The number of benzene rings is 4. The van der Waals surface area contributed by atoms with Gasteiger partial charge >= 0.3 is 0 Å². The summed E-state index contributed by atoms with van der Waals surface area (Å²) in [7, 11) is 0. The third kappa shape index (κ3) is 4.97. The van der Waals surface area contributed by atoms with E-state index in [-0.39, 0.29) is 5.91 Å². The van der Waals surface area contributed by atoms with Crippen LogP contribution in [0.25, 0.3) is 10.2 Å². The summed E-state index contributed by atoms with van der Waals surface area (Å²) in [6, 6.07) is 32.7. The van der Waals surface area contributed by atoms with Gasteiger partial charge in [0.15, 0.2) is 5.13 Å². The molecular formula is C27H19BrN2O2S. The van der Waals surface area contributed by atoms with Crippen LogP contribution in [0.1, 0.15) is 15.9 Å². The number of carbonyl (C=O) groups is 1. The smallest absolute Gasteiger partial charge is 0.260 e. The Morgan fingerprint density at radius 3 is 2.36 bits per heavy atom. The molecule has 0 aliphatic rings. The first-order valence-electron chi connectivity index (χ1n) is 10.4. The van der Waals surface area contributed by atoms with Crippen molar-refractivity contribution in [1.82, 2.24) is 4.98 Å². The van der Waals surface area contributed by atoms with Gasteiger partial charge in [-0.15, -0.1) is 0 Å². The van der Waals surface area contributed by atoms with Gasteiger partial charge in [0, 0.05) is 10.0 Å². The molecule has 0 saturated carbocycles. The van der Waals surface area contributed by atoms with Gasteiger partial charge in [0.1, 0.15) is 11.5 Å². The van der Waals surface area contributed by atoms with Crippen LogP contribution in [0.2, 0.25) is 0 Å². The van der Waals surface area contributed by atoms with E-state index in [9.17, 15) is 4.79 Å². The van der Waals surface area contributed by atoms with Crippen LogP contribution in [0.4, 0.5) is 5.13 Å². The number of carbonyl (C=O) groups excluding carboxylic acids is 1. The van der Waals surface area contributed by atoms with Crippen molar-refractivity contribution in [2.75, 3.05) is 4.90 Å². The van der Waals surface area contributed by atoms with E-state index in [1.165, 1.54) is 11.3 Å². The van der Waals surface area contributed by atoms with E-state index >= 15 is 0 Å². The number of nitrogens with zero attached hydrogens (tertiary/aromatic N) is 2. The fraction of sp³-hybridized carbons (Fsp3) is 0.0370. The van der Waals surface area contributed by atoms with Crippen LogP contribution >= 0.6 is 27.3 Å². The molecule has 5 rings (SSSR count). The van der Waals surface area contributed by atoms with Crippen molar-refractivity contribution in [3.05, 3.63) is 119 Å². The topological polar surface area (TPSA) is 42.4 Å². The maximum Gasteiger partial charge on any atom is 0.260 e. The number of rotatable bonds is 6. The molecule has 0 fully saturated rings. The second kappa shape index (κ2) is 9.57. The number of amides is 1. The highest BCUT2D eigenvalue weighted by molar-refractivity contribution is 9.10. The molecule has 0 saturated heterocycles. The number of aromatic nitrogens is 1. The lowest BCUT2D eigenvalue weighted by molar-refractivity contribution is 0.0985. The Morgan fingerprint density at radius 2 is 1.58 bits per heavy atom. The molecule has 6 heteroatoms. The van der Waals surface area contributed by atoms with Gasteiger partial charge < -0.3 is 4.74 Å². The summed E-state index contributed by atoms with van der Waals surface area (Å²) in [5.41, 5.74) is 2.44. The molecule has 0 aliphatic heterocycles. The monoisotopic (exact) mass is 514 g/mol. The molecule has 0 aliphatic carbocycles. The van der Waals surface area contributed by atoms with Gasteiger partial charge in [0.2, 0.25) is 0 Å². The van der Waals surface area contributed by atoms with Gasteiger partial charge in [-0.05, 0) is 54.1 Å². The number of thiazole rings is 1. The summed E-state index contributed by atoms with van der Waals surface area (Å²) in [6.45, 7) is 0.421. The van der Waals surface area contributed by atoms with E-state index in [1.807, 2.05) is 97.1 Å². The molecule has 0 unspecified atom stereocenters. The van der Waals surface area contributed by atoms with Gasteiger partial charge in [-0.3, -0.25) is 9.69 Å². The standard InChI is InChI=1S/C27H19BrN2O2S/c28-21-14-15-24-25(17-21)33-27(29-24)30(18-19-8-3-1-4-9-19)26(31)20-10-7-13-23(16-20)32-22-11-5-2-6-12-22/h1-17H,18H2. The molecule has 4 aromatic carbocycles. The number of hydrogen-bond donors (Lipinski definition) is 0. The summed E-state index contributed by atoms with van der Waals surface area (Å²) in [5, 5.41) is 0.659. The van der Waals surface area contributed by atoms with Crippen molar-refractivity contribution < 1.29 is 9.53 Å². The molecule has 0 N–H and O–H groups in total. The Hall–Kier alpha value is -3.48. The highest BCUT2D eigenvalue weighted by atomic mass is 79.9. The molecule has 0 spiro atoms. The van der Waals surface area contributed by atoms with Crippen LogP contribution < -0.4 is 9.64 Å². The summed E-state index contributed by atoms with van der Waals surface area (Å²) < 4.78 is 7.95. The molecule has 1 amide bonds. The van der Waals surface area contributed by atoms with Crippen molar-refractivity contribution in [3.8, 4) is 11.5 Å². The summed E-state index contributed by atoms with van der Waals surface area (Å²) in [6.07, 6.45) is 0. The van der Waals surface area contributed by atoms with Gasteiger partial charge in [-0.2, -0.15) is 0 Å². The minimum Gasteiger partial charge on any atom is -0.457 e. The average molecular weight is 515 g/mol. The molecule has 0 bridgehead atoms. The maximum absolute atomic E-state index is 13.7. The predicted octanol–water partition coefficient (Wildman–Crippen LogP) is 7.70. The Morgan fingerprint density at radius 1 is 0.848 bits per heavy atom. The van der Waals surface area contributed by atoms with Crippen LogP contribution in [-0.4, -0.2) is 10.9 Å². The lowest BCUT2D eigenvalue weighted by Crippen LogP contribution is -2.30. The zero-order chi connectivity index (χ0) is 22.6. The van der Waals surface area contributed by atoms with Crippen LogP contribution in [0.5, 0.6) is 11.5 Å². The number of hydrogen-bond acceptors (Lipinski definition) is 4. The van der Waals surface area contributed by atoms with Gasteiger partial charge in [-0.1, -0.05) is 81.9 Å². The Labute approximate surface area is 204 Å². The summed E-state index contributed by atoms with van der Waals surface area (Å²) >= 11 is 5.02. The van der Waals surface area contributed by atoms with E-state index in [2.05, 4.69) is 15.9 Å². The highest BCUT2D eigenvalue weighted by Crippen LogP contribution is 2.33. The van der Waals surface area contributed by atoms with Crippen LogP contribution in [0, 0.1) is 0 Å². The van der Waals surface area contributed by atoms with Crippen LogP contribution in [0.3, 0.4) is 0 Å². The van der Waals surface area contributed by atoms with E-state index in [1.54, 1.807) is 11.0 Å². The number of ether oxygens (including phenoxy) is 1. The maximum atomic E-state index is 13.7. The first-order chi connectivity index (χ1) is 16.2. The lowest BCUT2D eigenvalue weighted by atomic mass is 10.1. The zero-order valence-corrected chi connectivity index (χ0v) is 19.9. The second-order valence-electron chi connectivity index (χ2n) is 7.43. The van der Waals surface area contributed by atoms with Crippen LogP contribution in [0.15, 0.2) is 108 Å². The quantitative estimate of drug-likeness (QED) is 0.233. The van der Waals surface area contributed by atoms with Gasteiger partial charge in [0.05, 0.1) is 16.8 Å². The third-order valence-electron chi connectivity index (χ3n) is 5.06. The van der Waals surface area contributed by atoms with Crippen molar-refractivity contribution in [3.63, 3.8) is 0 Å². The van der Waals surface area contributed by atoms with E-state index in [0.717, 1.165) is 26.0 Å². The molecule has 1 aromatic heterocycles. The second-order valence-corrected chi connectivity index (χ2v) is 9.35. The fourth-order valence-electron chi connectivity index (χ4n) is 3.47. The lowest BCUT2D eigenvalue weighted by Gasteiger charge is -2.20. The first-order valence-corrected chi connectivity index (χ1v) is 12.0. The first kappa shape index (κ1) is 21.4. The molecule has 5 aromatic rings. The van der Waals surface area contributed by atoms with Gasteiger partial charge in [0.25, 0.3) is 5.91 Å². The molecule has 1 heterocycles. The zero-order valence-electron chi connectivity index (χ0n) is 17.5. The molecule has 4 nitrogen and oxygen atoms in total.